The maximum Gasteiger partial charge on any atom is 0.338 e. The largest absolute Gasteiger partial charge is 0.423 e. The van der Waals surface area contributed by atoms with E-state index in [-0.39, 0.29) is 5.97 Å². The highest BCUT2D eigenvalue weighted by Crippen LogP contribution is 2.14. The predicted molar refractivity (Wildman–Crippen MR) is 70.0 cm³/mol. The zero-order valence-electron chi connectivity index (χ0n) is 10.4. The van der Waals surface area contributed by atoms with Crippen molar-refractivity contribution >= 4 is 5.97 Å². The van der Waals surface area contributed by atoms with Gasteiger partial charge in [0.15, 0.2) is 0 Å². The molecule has 0 aromatic heterocycles. The van der Waals surface area contributed by atoms with Crippen molar-refractivity contribution in [3.8, 4) is 5.75 Å². The number of esters is 1. The molecular weight excluding hydrogens is 212 g/mol. The zero-order valence-corrected chi connectivity index (χ0v) is 10.4. The standard InChI is InChI=1S/C15H20O2/c1-3-4-5-7-10-13(2)15(16)17-14-11-8-6-9-12-14/h6,8-9,11-12H,2-5,7,10H2,1H3. The molecule has 0 amide bonds. The third kappa shape index (κ3) is 5.34. The highest BCUT2D eigenvalue weighted by atomic mass is 16.5. The summed E-state index contributed by atoms with van der Waals surface area (Å²) < 4.78 is 5.19. The summed E-state index contributed by atoms with van der Waals surface area (Å²) in [5.74, 6) is 0.264. The highest BCUT2D eigenvalue weighted by Gasteiger charge is 2.08. The molecule has 0 bridgehead atoms. The Labute approximate surface area is 103 Å². The Kier molecular flexibility index (Phi) is 6.08. The fourth-order valence-corrected chi connectivity index (χ4v) is 1.53. The van der Waals surface area contributed by atoms with Gasteiger partial charge in [-0.15, -0.1) is 0 Å². The van der Waals surface area contributed by atoms with Crippen molar-refractivity contribution < 1.29 is 9.53 Å². The van der Waals surface area contributed by atoms with Gasteiger partial charge in [-0.2, -0.15) is 0 Å². The summed E-state index contributed by atoms with van der Waals surface area (Å²) in [7, 11) is 0. The monoisotopic (exact) mass is 232 g/mol. The van der Waals surface area contributed by atoms with Gasteiger partial charge in [-0.3, -0.25) is 0 Å². The van der Waals surface area contributed by atoms with Gasteiger partial charge in [-0.1, -0.05) is 51.0 Å². The number of rotatable bonds is 7. The molecule has 0 heterocycles. The Balaban J connectivity index is 2.30. The summed E-state index contributed by atoms with van der Waals surface area (Å²) in [6.07, 6.45) is 5.29. The fourth-order valence-electron chi connectivity index (χ4n) is 1.53. The molecular formula is C15H20O2. The van der Waals surface area contributed by atoms with Gasteiger partial charge >= 0.3 is 5.97 Å². The van der Waals surface area contributed by atoms with Gasteiger partial charge in [0.05, 0.1) is 0 Å². The quantitative estimate of drug-likeness (QED) is 0.306. The minimum Gasteiger partial charge on any atom is -0.423 e. The summed E-state index contributed by atoms with van der Waals surface area (Å²) in [6.45, 7) is 5.94. The number of unbranched alkanes of at least 4 members (excludes halogenated alkanes) is 3. The molecule has 1 rings (SSSR count). The second-order valence-electron chi connectivity index (χ2n) is 4.12. The Bertz CT molecular complexity index is 354. The minimum absolute atomic E-state index is 0.312. The first-order valence-electron chi connectivity index (χ1n) is 6.19. The lowest BCUT2D eigenvalue weighted by Gasteiger charge is -2.06. The minimum atomic E-state index is -0.312. The molecule has 0 saturated heterocycles. The smallest absolute Gasteiger partial charge is 0.338 e. The summed E-state index contributed by atoms with van der Waals surface area (Å²) in [4.78, 5) is 11.7. The zero-order chi connectivity index (χ0) is 12.5. The third-order valence-corrected chi connectivity index (χ3v) is 2.57. The molecule has 2 nitrogen and oxygen atoms in total. The molecule has 0 atom stereocenters. The molecule has 0 aliphatic carbocycles. The molecule has 0 aliphatic rings. The number of hydrogen-bond donors (Lipinski definition) is 0. The Morgan fingerprint density at radius 2 is 1.88 bits per heavy atom. The number of benzene rings is 1. The maximum atomic E-state index is 11.7. The van der Waals surface area contributed by atoms with Crippen molar-refractivity contribution in [2.75, 3.05) is 0 Å². The molecule has 0 radical (unpaired) electrons. The number of carbonyl (C=O) groups excluding carboxylic acids is 1. The van der Waals surface area contributed by atoms with Crippen LogP contribution >= 0.6 is 0 Å². The van der Waals surface area contributed by atoms with E-state index in [4.69, 9.17) is 4.74 Å². The molecule has 1 aromatic carbocycles. The van der Waals surface area contributed by atoms with Crippen LogP contribution < -0.4 is 4.74 Å². The summed E-state index contributed by atoms with van der Waals surface area (Å²) >= 11 is 0. The molecule has 2 heteroatoms. The van der Waals surface area contributed by atoms with E-state index in [0.29, 0.717) is 11.3 Å². The first kappa shape index (κ1) is 13.5. The molecule has 0 spiro atoms. The molecule has 0 N–H and O–H groups in total. The van der Waals surface area contributed by atoms with Crippen molar-refractivity contribution in [2.45, 2.75) is 39.0 Å². The van der Waals surface area contributed by atoms with E-state index in [2.05, 4.69) is 13.5 Å². The average molecular weight is 232 g/mol. The third-order valence-electron chi connectivity index (χ3n) is 2.57. The van der Waals surface area contributed by atoms with E-state index in [9.17, 15) is 4.79 Å². The van der Waals surface area contributed by atoms with Gasteiger partial charge in [0, 0.05) is 5.57 Å². The van der Waals surface area contributed by atoms with Gasteiger partial charge < -0.3 is 4.74 Å². The van der Waals surface area contributed by atoms with Crippen molar-refractivity contribution in [3.05, 3.63) is 42.5 Å². The van der Waals surface area contributed by atoms with Crippen LogP contribution in [-0.4, -0.2) is 5.97 Å². The lowest BCUT2D eigenvalue weighted by atomic mass is 10.1. The van der Waals surface area contributed by atoms with E-state index in [1.165, 1.54) is 12.8 Å². The fraction of sp³-hybridized carbons (Fsp3) is 0.400. The van der Waals surface area contributed by atoms with Gasteiger partial charge in [0.2, 0.25) is 0 Å². The normalized spacial score (nSPS) is 9.94. The van der Waals surface area contributed by atoms with E-state index in [1.807, 2.05) is 18.2 Å². The van der Waals surface area contributed by atoms with E-state index >= 15 is 0 Å². The molecule has 0 saturated carbocycles. The number of carbonyl (C=O) groups is 1. The number of ether oxygens (including phenoxy) is 1. The van der Waals surface area contributed by atoms with Crippen LogP contribution in [0.4, 0.5) is 0 Å². The lowest BCUT2D eigenvalue weighted by Crippen LogP contribution is -2.10. The highest BCUT2D eigenvalue weighted by molar-refractivity contribution is 5.89. The Morgan fingerprint density at radius 1 is 1.18 bits per heavy atom. The first-order chi connectivity index (χ1) is 8.24. The van der Waals surface area contributed by atoms with Gasteiger partial charge in [0.1, 0.15) is 5.75 Å². The molecule has 0 aliphatic heterocycles. The van der Waals surface area contributed by atoms with Crippen LogP contribution in [0.15, 0.2) is 42.5 Å². The topological polar surface area (TPSA) is 26.3 Å². The van der Waals surface area contributed by atoms with Crippen molar-refractivity contribution in [3.63, 3.8) is 0 Å². The number of hydrogen-bond acceptors (Lipinski definition) is 2. The van der Waals surface area contributed by atoms with Gasteiger partial charge in [0.25, 0.3) is 0 Å². The van der Waals surface area contributed by atoms with E-state index < -0.39 is 0 Å². The van der Waals surface area contributed by atoms with E-state index in [1.54, 1.807) is 12.1 Å². The van der Waals surface area contributed by atoms with Gasteiger partial charge in [-0.05, 0) is 25.0 Å². The molecule has 1 aromatic rings. The van der Waals surface area contributed by atoms with Crippen LogP contribution in [-0.2, 0) is 4.79 Å². The summed E-state index contributed by atoms with van der Waals surface area (Å²) in [6, 6.07) is 9.10. The van der Waals surface area contributed by atoms with Crippen LogP contribution in [0.3, 0.4) is 0 Å². The summed E-state index contributed by atoms with van der Waals surface area (Å²) in [5, 5.41) is 0. The Morgan fingerprint density at radius 3 is 2.53 bits per heavy atom. The predicted octanol–water partition coefficient (Wildman–Crippen LogP) is 4.12. The van der Waals surface area contributed by atoms with Crippen molar-refractivity contribution in [2.24, 2.45) is 0 Å². The second kappa shape index (κ2) is 7.66. The second-order valence-corrected chi connectivity index (χ2v) is 4.12. The van der Waals surface area contributed by atoms with Crippen LogP contribution in [0.25, 0.3) is 0 Å². The van der Waals surface area contributed by atoms with Crippen LogP contribution in [0.2, 0.25) is 0 Å². The van der Waals surface area contributed by atoms with Gasteiger partial charge in [-0.25, -0.2) is 4.79 Å². The van der Waals surface area contributed by atoms with Crippen LogP contribution in [0, 0.1) is 0 Å². The SMILES string of the molecule is C=C(CCCCCC)C(=O)Oc1ccccc1. The molecule has 0 fully saturated rings. The molecule has 17 heavy (non-hydrogen) atoms. The Hall–Kier alpha value is -1.57. The van der Waals surface area contributed by atoms with Crippen molar-refractivity contribution in [1.29, 1.82) is 0 Å². The maximum absolute atomic E-state index is 11.7. The average Bonchev–Trinajstić information content (AvgIpc) is 2.35. The summed E-state index contributed by atoms with van der Waals surface area (Å²) in [5.41, 5.74) is 0.560. The molecule has 92 valence electrons. The van der Waals surface area contributed by atoms with Crippen LogP contribution in [0.1, 0.15) is 39.0 Å². The number of para-hydroxylation sites is 1. The molecule has 0 unspecified atom stereocenters. The lowest BCUT2D eigenvalue weighted by molar-refractivity contribution is -0.130. The van der Waals surface area contributed by atoms with Crippen molar-refractivity contribution in [1.82, 2.24) is 0 Å². The first-order valence-corrected chi connectivity index (χ1v) is 6.19. The van der Waals surface area contributed by atoms with E-state index in [0.717, 1.165) is 19.3 Å². The van der Waals surface area contributed by atoms with Crippen LogP contribution in [0.5, 0.6) is 5.75 Å².